The first-order valence-electron chi connectivity index (χ1n) is 7.38. The molecule has 0 radical (unpaired) electrons. The Kier molecular flexibility index (Phi) is 4.68. The molecule has 2 aliphatic heterocycles. The lowest BCUT2D eigenvalue weighted by molar-refractivity contribution is 0.0141. The molecular formula is C14H27N3O2. The molecule has 2 rings (SSSR count). The normalized spacial score (nSPS) is 25.0. The summed E-state index contributed by atoms with van der Waals surface area (Å²) in [6.07, 6.45) is 2.37. The molecule has 2 fully saturated rings. The Labute approximate surface area is 116 Å². The van der Waals surface area contributed by atoms with Gasteiger partial charge in [-0.25, -0.2) is 4.79 Å². The highest BCUT2D eigenvalue weighted by Crippen LogP contribution is 2.13. The van der Waals surface area contributed by atoms with Crippen LogP contribution in [0.2, 0.25) is 0 Å². The summed E-state index contributed by atoms with van der Waals surface area (Å²) in [5.41, 5.74) is -0.399. The van der Waals surface area contributed by atoms with Crippen LogP contribution in [0.5, 0.6) is 0 Å². The summed E-state index contributed by atoms with van der Waals surface area (Å²) in [5.74, 6) is 0. The SMILES string of the molecule is CC(C)(C)OC(=O)N1CCN(CCC2CCN2)CC1. The van der Waals surface area contributed by atoms with Crippen LogP contribution in [0.15, 0.2) is 0 Å². The van der Waals surface area contributed by atoms with E-state index in [1.54, 1.807) is 0 Å². The summed E-state index contributed by atoms with van der Waals surface area (Å²) < 4.78 is 5.40. The lowest BCUT2D eigenvalue weighted by Gasteiger charge is -2.37. The maximum atomic E-state index is 11.9. The number of amides is 1. The number of piperazine rings is 1. The van der Waals surface area contributed by atoms with Crippen molar-refractivity contribution in [2.24, 2.45) is 0 Å². The van der Waals surface area contributed by atoms with Crippen molar-refractivity contribution in [2.75, 3.05) is 39.3 Å². The molecule has 1 amide bonds. The van der Waals surface area contributed by atoms with E-state index in [2.05, 4.69) is 10.2 Å². The number of hydrogen-bond acceptors (Lipinski definition) is 4. The van der Waals surface area contributed by atoms with Crippen LogP contribution in [0.3, 0.4) is 0 Å². The predicted octanol–water partition coefficient (Wildman–Crippen LogP) is 1.29. The fourth-order valence-electron chi connectivity index (χ4n) is 2.41. The molecular weight excluding hydrogens is 242 g/mol. The summed E-state index contributed by atoms with van der Waals surface area (Å²) in [6, 6.07) is 0.726. The van der Waals surface area contributed by atoms with Gasteiger partial charge >= 0.3 is 6.09 Å². The number of ether oxygens (including phenoxy) is 1. The van der Waals surface area contributed by atoms with E-state index in [1.165, 1.54) is 19.4 Å². The Balaban J connectivity index is 1.65. The molecule has 110 valence electrons. The topological polar surface area (TPSA) is 44.8 Å². The first-order chi connectivity index (χ1) is 8.94. The van der Waals surface area contributed by atoms with E-state index in [0.717, 1.165) is 38.8 Å². The van der Waals surface area contributed by atoms with Crippen LogP contribution >= 0.6 is 0 Å². The monoisotopic (exact) mass is 269 g/mol. The minimum absolute atomic E-state index is 0.173. The van der Waals surface area contributed by atoms with E-state index >= 15 is 0 Å². The molecule has 0 spiro atoms. The van der Waals surface area contributed by atoms with Crippen LogP contribution < -0.4 is 5.32 Å². The fourth-order valence-corrected chi connectivity index (χ4v) is 2.41. The van der Waals surface area contributed by atoms with Crippen molar-refractivity contribution in [1.82, 2.24) is 15.1 Å². The molecule has 0 bridgehead atoms. The molecule has 1 N–H and O–H groups in total. The zero-order valence-electron chi connectivity index (χ0n) is 12.4. The van der Waals surface area contributed by atoms with Crippen LogP contribution in [0, 0.1) is 0 Å². The number of rotatable bonds is 3. The first-order valence-corrected chi connectivity index (χ1v) is 7.38. The Morgan fingerprint density at radius 1 is 1.26 bits per heavy atom. The molecule has 5 heteroatoms. The Bertz CT molecular complexity index is 302. The highest BCUT2D eigenvalue weighted by molar-refractivity contribution is 5.68. The van der Waals surface area contributed by atoms with Gasteiger partial charge in [0.15, 0.2) is 0 Å². The second-order valence-electron chi connectivity index (χ2n) is 6.54. The van der Waals surface area contributed by atoms with Crippen molar-refractivity contribution >= 4 is 6.09 Å². The summed E-state index contributed by atoms with van der Waals surface area (Å²) in [6.45, 7) is 11.5. The zero-order chi connectivity index (χ0) is 13.9. The number of hydrogen-bond donors (Lipinski definition) is 1. The molecule has 0 aliphatic carbocycles. The molecule has 0 saturated carbocycles. The highest BCUT2D eigenvalue weighted by Gasteiger charge is 2.26. The maximum absolute atomic E-state index is 11.9. The van der Waals surface area contributed by atoms with Crippen LogP contribution in [0.25, 0.3) is 0 Å². The van der Waals surface area contributed by atoms with E-state index in [4.69, 9.17) is 4.74 Å². The highest BCUT2D eigenvalue weighted by atomic mass is 16.6. The van der Waals surface area contributed by atoms with E-state index < -0.39 is 5.60 Å². The average molecular weight is 269 g/mol. The molecule has 2 aliphatic rings. The lowest BCUT2D eigenvalue weighted by atomic mass is 10.0. The van der Waals surface area contributed by atoms with Crippen LogP contribution in [0.1, 0.15) is 33.6 Å². The summed E-state index contributed by atoms with van der Waals surface area (Å²) in [7, 11) is 0. The third-order valence-corrected chi connectivity index (χ3v) is 3.74. The van der Waals surface area contributed by atoms with Gasteiger partial charge in [0.2, 0.25) is 0 Å². The molecule has 0 aromatic carbocycles. The number of nitrogens with zero attached hydrogens (tertiary/aromatic N) is 2. The third-order valence-electron chi connectivity index (χ3n) is 3.74. The van der Waals surface area contributed by atoms with Gasteiger partial charge in [-0.05, 0) is 46.7 Å². The summed E-state index contributed by atoms with van der Waals surface area (Å²) in [4.78, 5) is 16.2. The summed E-state index contributed by atoms with van der Waals surface area (Å²) in [5, 5.41) is 3.43. The van der Waals surface area contributed by atoms with Crippen LogP contribution in [-0.2, 0) is 4.74 Å². The molecule has 5 nitrogen and oxygen atoms in total. The van der Waals surface area contributed by atoms with Gasteiger partial charge in [-0.3, -0.25) is 4.90 Å². The second kappa shape index (κ2) is 6.09. The molecule has 0 aromatic heterocycles. The quantitative estimate of drug-likeness (QED) is 0.838. The van der Waals surface area contributed by atoms with Gasteiger partial charge in [0.1, 0.15) is 5.60 Å². The first kappa shape index (κ1) is 14.6. The van der Waals surface area contributed by atoms with E-state index in [0.29, 0.717) is 0 Å². The van der Waals surface area contributed by atoms with Gasteiger partial charge in [0, 0.05) is 32.2 Å². The minimum Gasteiger partial charge on any atom is -0.444 e. The second-order valence-corrected chi connectivity index (χ2v) is 6.54. The van der Waals surface area contributed by atoms with Gasteiger partial charge in [-0.2, -0.15) is 0 Å². The number of nitrogens with one attached hydrogen (secondary N) is 1. The van der Waals surface area contributed by atoms with Gasteiger partial charge in [0.25, 0.3) is 0 Å². The minimum atomic E-state index is -0.399. The fraction of sp³-hybridized carbons (Fsp3) is 0.929. The van der Waals surface area contributed by atoms with Gasteiger partial charge in [-0.1, -0.05) is 0 Å². The van der Waals surface area contributed by atoms with Crippen molar-refractivity contribution in [3.05, 3.63) is 0 Å². The van der Waals surface area contributed by atoms with Crippen molar-refractivity contribution < 1.29 is 9.53 Å². The van der Waals surface area contributed by atoms with E-state index in [-0.39, 0.29) is 6.09 Å². The zero-order valence-corrected chi connectivity index (χ0v) is 12.4. The maximum Gasteiger partial charge on any atom is 0.410 e. The molecule has 0 aromatic rings. The number of carbonyl (C=O) groups excluding carboxylic acids is 1. The smallest absolute Gasteiger partial charge is 0.410 e. The standard InChI is InChI=1S/C14H27N3O2/c1-14(2,3)19-13(18)17-10-8-16(9-11-17)7-5-12-4-6-15-12/h12,15H,4-11H2,1-3H3. The van der Waals surface area contributed by atoms with E-state index in [1.807, 2.05) is 25.7 Å². The van der Waals surface area contributed by atoms with Crippen LogP contribution in [0.4, 0.5) is 4.79 Å². The summed E-state index contributed by atoms with van der Waals surface area (Å²) >= 11 is 0. The van der Waals surface area contributed by atoms with Crippen molar-refractivity contribution in [3.63, 3.8) is 0 Å². The van der Waals surface area contributed by atoms with Gasteiger partial charge < -0.3 is 15.0 Å². The average Bonchev–Trinajstić information content (AvgIpc) is 2.25. The van der Waals surface area contributed by atoms with Crippen molar-refractivity contribution in [3.8, 4) is 0 Å². The number of carbonyl (C=O) groups is 1. The Morgan fingerprint density at radius 2 is 1.89 bits per heavy atom. The predicted molar refractivity (Wildman–Crippen MR) is 75.3 cm³/mol. The largest absolute Gasteiger partial charge is 0.444 e. The Morgan fingerprint density at radius 3 is 2.37 bits per heavy atom. The van der Waals surface area contributed by atoms with Crippen molar-refractivity contribution in [1.29, 1.82) is 0 Å². The molecule has 19 heavy (non-hydrogen) atoms. The molecule has 2 heterocycles. The molecule has 1 unspecified atom stereocenters. The third kappa shape index (κ3) is 4.66. The van der Waals surface area contributed by atoms with Crippen LogP contribution in [-0.4, -0.2) is 66.8 Å². The molecule has 1 atom stereocenters. The Hall–Kier alpha value is -0.810. The van der Waals surface area contributed by atoms with Gasteiger partial charge in [0.05, 0.1) is 0 Å². The van der Waals surface area contributed by atoms with E-state index in [9.17, 15) is 4.79 Å². The molecule has 2 saturated heterocycles. The van der Waals surface area contributed by atoms with Gasteiger partial charge in [-0.15, -0.1) is 0 Å². The lowest BCUT2D eigenvalue weighted by Crippen LogP contribution is -2.51. The van der Waals surface area contributed by atoms with Crippen molar-refractivity contribution in [2.45, 2.75) is 45.3 Å².